The fourth-order valence-electron chi connectivity index (χ4n) is 2.21. The SMILES string of the molecule is CCC(O)CCNCc1cnc2nc(C)cc(C)n12. The molecule has 104 valence electrons. The van der Waals surface area contributed by atoms with Crippen LogP contribution < -0.4 is 5.32 Å². The molecule has 5 heteroatoms. The first kappa shape index (κ1) is 14.0. The van der Waals surface area contributed by atoms with Crippen LogP contribution in [0.3, 0.4) is 0 Å². The van der Waals surface area contributed by atoms with Crippen LogP contribution in [0.15, 0.2) is 12.3 Å². The van der Waals surface area contributed by atoms with Gasteiger partial charge in [-0.1, -0.05) is 6.92 Å². The number of imidazole rings is 1. The van der Waals surface area contributed by atoms with Gasteiger partial charge < -0.3 is 10.4 Å². The van der Waals surface area contributed by atoms with Gasteiger partial charge in [-0.3, -0.25) is 4.40 Å². The van der Waals surface area contributed by atoms with Crippen LogP contribution in [-0.2, 0) is 6.54 Å². The predicted molar refractivity (Wildman–Crippen MR) is 75.1 cm³/mol. The maximum absolute atomic E-state index is 9.49. The maximum Gasteiger partial charge on any atom is 0.234 e. The number of rotatable bonds is 6. The van der Waals surface area contributed by atoms with Crippen LogP contribution in [0.5, 0.6) is 0 Å². The molecule has 0 aliphatic heterocycles. The molecule has 0 spiro atoms. The number of aliphatic hydroxyl groups excluding tert-OH is 1. The number of nitrogens with one attached hydrogen (secondary N) is 1. The maximum atomic E-state index is 9.49. The smallest absolute Gasteiger partial charge is 0.234 e. The molecule has 2 aromatic rings. The summed E-state index contributed by atoms with van der Waals surface area (Å²) in [5.41, 5.74) is 3.23. The van der Waals surface area contributed by atoms with Crippen LogP contribution >= 0.6 is 0 Å². The molecule has 0 saturated carbocycles. The number of nitrogens with zero attached hydrogens (tertiary/aromatic N) is 3. The molecule has 0 amide bonds. The average Bonchev–Trinajstić information content (AvgIpc) is 2.77. The summed E-state index contributed by atoms with van der Waals surface area (Å²) in [6, 6.07) is 2.05. The summed E-state index contributed by atoms with van der Waals surface area (Å²) < 4.78 is 2.07. The highest BCUT2D eigenvalue weighted by Gasteiger charge is 2.07. The molecule has 2 aromatic heterocycles. The molecule has 2 N–H and O–H groups in total. The van der Waals surface area contributed by atoms with Gasteiger partial charge in [0.25, 0.3) is 0 Å². The Bertz CT molecular complexity index is 550. The molecule has 0 aliphatic carbocycles. The van der Waals surface area contributed by atoms with E-state index in [2.05, 4.69) is 32.7 Å². The summed E-state index contributed by atoms with van der Waals surface area (Å²) in [5.74, 6) is 0.753. The van der Waals surface area contributed by atoms with Gasteiger partial charge in [-0.2, -0.15) is 0 Å². The van der Waals surface area contributed by atoms with Crippen molar-refractivity contribution in [2.75, 3.05) is 6.54 Å². The number of aliphatic hydroxyl groups is 1. The summed E-state index contributed by atoms with van der Waals surface area (Å²) >= 11 is 0. The van der Waals surface area contributed by atoms with E-state index in [1.165, 1.54) is 0 Å². The van der Waals surface area contributed by atoms with Crippen molar-refractivity contribution in [3.05, 3.63) is 29.3 Å². The molecule has 0 aliphatic rings. The lowest BCUT2D eigenvalue weighted by Gasteiger charge is -2.09. The first-order chi connectivity index (χ1) is 9.11. The zero-order chi connectivity index (χ0) is 13.8. The first-order valence-electron chi connectivity index (χ1n) is 6.81. The molecule has 2 heterocycles. The Morgan fingerprint density at radius 3 is 2.95 bits per heavy atom. The third-order valence-electron chi connectivity index (χ3n) is 3.29. The van der Waals surface area contributed by atoms with Crippen molar-refractivity contribution in [1.29, 1.82) is 0 Å². The lowest BCUT2D eigenvalue weighted by atomic mass is 10.2. The third-order valence-corrected chi connectivity index (χ3v) is 3.29. The Morgan fingerprint density at radius 2 is 2.21 bits per heavy atom. The van der Waals surface area contributed by atoms with Crippen LogP contribution in [0.4, 0.5) is 0 Å². The van der Waals surface area contributed by atoms with Crippen molar-refractivity contribution in [2.45, 2.75) is 46.3 Å². The minimum absolute atomic E-state index is 0.208. The summed E-state index contributed by atoms with van der Waals surface area (Å²) in [6.07, 6.45) is 3.24. The minimum atomic E-state index is -0.208. The van der Waals surface area contributed by atoms with E-state index in [0.29, 0.717) is 0 Å². The monoisotopic (exact) mass is 262 g/mol. The highest BCUT2D eigenvalue weighted by molar-refractivity contribution is 5.35. The van der Waals surface area contributed by atoms with Gasteiger partial charge in [-0.05, 0) is 39.3 Å². The van der Waals surface area contributed by atoms with E-state index in [4.69, 9.17) is 0 Å². The van der Waals surface area contributed by atoms with Gasteiger partial charge in [-0.25, -0.2) is 9.97 Å². The minimum Gasteiger partial charge on any atom is -0.393 e. The van der Waals surface area contributed by atoms with Crippen LogP contribution in [0.2, 0.25) is 0 Å². The zero-order valence-corrected chi connectivity index (χ0v) is 11.8. The first-order valence-corrected chi connectivity index (χ1v) is 6.81. The Morgan fingerprint density at radius 1 is 1.42 bits per heavy atom. The van der Waals surface area contributed by atoms with E-state index in [0.717, 1.165) is 48.8 Å². The molecule has 0 fully saturated rings. The van der Waals surface area contributed by atoms with Crippen LogP contribution in [0, 0.1) is 13.8 Å². The van der Waals surface area contributed by atoms with Gasteiger partial charge >= 0.3 is 0 Å². The fourth-order valence-corrected chi connectivity index (χ4v) is 2.21. The van der Waals surface area contributed by atoms with Crippen molar-refractivity contribution in [1.82, 2.24) is 19.7 Å². The van der Waals surface area contributed by atoms with Crippen molar-refractivity contribution in [3.63, 3.8) is 0 Å². The number of fused-ring (bicyclic) bond motifs is 1. The summed E-state index contributed by atoms with van der Waals surface area (Å²) in [5, 5.41) is 12.8. The largest absolute Gasteiger partial charge is 0.393 e. The molecule has 0 radical (unpaired) electrons. The molecule has 0 bridgehead atoms. The number of aryl methyl sites for hydroxylation is 2. The van der Waals surface area contributed by atoms with Gasteiger partial charge in [-0.15, -0.1) is 0 Å². The number of hydrogen-bond acceptors (Lipinski definition) is 4. The van der Waals surface area contributed by atoms with E-state index in [1.807, 2.05) is 20.0 Å². The highest BCUT2D eigenvalue weighted by Crippen LogP contribution is 2.10. The van der Waals surface area contributed by atoms with E-state index in [1.54, 1.807) is 0 Å². The molecule has 0 saturated heterocycles. The van der Waals surface area contributed by atoms with E-state index in [9.17, 15) is 5.11 Å². The number of hydrogen-bond donors (Lipinski definition) is 2. The Kier molecular flexibility index (Phi) is 4.50. The second kappa shape index (κ2) is 6.12. The zero-order valence-electron chi connectivity index (χ0n) is 11.8. The third kappa shape index (κ3) is 3.30. The molecular formula is C14H22N4O. The average molecular weight is 262 g/mol. The molecule has 0 aromatic carbocycles. The summed E-state index contributed by atoms with van der Waals surface area (Å²) in [7, 11) is 0. The van der Waals surface area contributed by atoms with Crippen molar-refractivity contribution in [3.8, 4) is 0 Å². The Balaban J connectivity index is 2.01. The quantitative estimate of drug-likeness (QED) is 0.776. The second-order valence-electron chi connectivity index (χ2n) is 4.95. The van der Waals surface area contributed by atoms with Crippen LogP contribution in [-0.4, -0.2) is 32.1 Å². The molecular weight excluding hydrogens is 240 g/mol. The Labute approximate surface area is 113 Å². The van der Waals surface area contributed by atoms with Gasteiger partial charge in [0.05, 0.1) is 18.0 Å². The lowest BCUT2D eigenvalue weighted by Crippen LogP contribution is -2.20. The normalized spacial score (nSPS) is 13.1. The summed E-state index contributed by atoms with van der Waals surface area (Å²) in [4.78, 5) is 8.74. The summed E-state index contributed by atoms with van der Waals surface area (Å²) in [6.45, 7) is 7.58. The van der Waals surface area contributed by atoms with E-state index < -0.39 is 0 Å². The fraction of sp³-hybridized carbons (Fsp3) is 0.571. The molecule has 1 atom stereocenters. The standard InChI is InChI=1S/C14H22N4O/c1-4-13(19)5-6-15-8-12-9-16-14-17-10(2)7-11(3)18(12)14/h7,9,13,15,19H,4-6,8H2,1-3H3. The van der Waals surface area contributed by atoms with E-state index >= 15 is 0 Å². The molecule has 2 rings (SSSR count). The topological polar surface area (TPSA) is 62.5 Å². The Hall–Kier alpha value is -1.46. The van der Waals surface area contributed by atoms with Gasteiger partial charge in [0, 0.05) is 17.9 Å². The molecule has 19 heavy (non-hydrogen) atoms. The molecule has 5 nitrogen and oxygen atoms in total. The van der Waals surface area contributed by atoms with Gasteiger partial charge in [0.2, 0.25) is 5.78 Å². The van der Waals surface area contributed by atoms with Crippen molar-refractivity contribution >= 4 is 5.78 Å². The predicted octanol–water partition coefficient (Wildman–Crippen LogP) is 1.60. The van der Waals surface area contributed by atoms with Gasteiger partial charge in [0.1, 0.15) is 0 Å². The highest BCUT2D eigenvalue weighted by atomic mass is 16.3. The van der Waals surface area contributed by atoms with Crippen molar-refractivity contribution < 1.29 is 5.11 Å². The van der Waals surface area contributed by atoms with Crippen LogP contribution in [0.1, 0.15) is 36.8 Å². The van der Waals surface area contributed by atoms with Gasteiger partial charge in [0.15, 0.2) is 0 Å². The van der Waals surface area contributed by atoms with E-state index in [-0.39, 0.29) is 6.10 Å². The molecule has 1 unspecified atom stereocenters. The number of aromatic nitrogens is 3. The van der Waals surface area contributed by atoms with Crippen LogP contribution in [0.25, 0.3) is 5.78 Å². The second-order valence-corrected chi connectivity index (χ2v) is 4.95. The van der Waals surface area contributed by atoms with Crippen molar-refractivity contribution in [2.24, 2.45) is 0 Å². The lowest BCUT2D eigenvalue weighted by molar-refractivity contribution is 0.159.